The molecule has 0 rings (SSSR count). The summed E-state index contributed by atoms with van der Waals surface area (Å²) in [6.45, 7) is 6.13. The molecule has 0 aliphatic heterocycles. The van der Waals surface area contributed by atoms with Crippen molar-refractivity contribution in [2.24, 2.45) is 0 Å². The summed E-state index contributed by atoms with van der Waals surface area (Å²) in [7, 11) is 0. The van der Waals surface area contributed by atoms with Gasteiger partial charge in [0.1, 0.15) is 0 Å². The number of unbranched alkanes of at least 4 members (excludes halogenated alkanes) is 63. The van der Waals surface area contributed by atoms with Crippen molar-refractivity contribution in [1.29, 1.82) is 0 Å². The molecule has 0 N–H and O–H groups in total. The average molecular weight is 940 g/mol. The molecule has 0 saturated heterocycles. The smallest absolute Gasteiger partial charge is 0.0353 e. The molecule has 0 aromatic rings. The Morgan fingerprint density at radius 1 is 0.149 bits per heavy atom. The summed E-state index contributed by atoms with van der Waals surface area (Å²) in [4.78, 5) is 0. The summed E-state index contributed by atoms with van der Waals surface area (Å²) < 4.78 is 0. The molecule has 0 saturated carbocycles. The highest BCUT2D eigenvalue weighted by Crippen LogP contribution is 2.20. The quantitative estimate of drug-likeness (QED) is 0.0421. The minimum atomic E-state index is 1.21. The molecule has 0 fully saturated rings. The molecular formula is C67H134. The Morgan fingerprint density at radius 2 is 0.239 bits per heavy atom. The van der Waals surface area contributed by atoms with Crippen molar-refractivity contribution >= 4 is 0 Å². The Hall–Kier alpha value is -0.260. The van der Waals surface area contributed by atoms with E-state index in [1.807, 2.05) is 0 Å². The van der Waals surface area contributed by atoms with Crippen LogP contribution in [0.4, 0.5) is 0 Å². The predicted octanol–water partition coefficient (Wildman–Crippen LogP) is 26.2. The van der Waals surface area contributed by atoms with Crippen LogP contribution >= 0.6 is 0 Å². The van der Waals surface area contributed by atoms with E-state index in [1.54, 1.807) is 0 Å². The van der Waals surface area contributed by atoms with Gasteiger partial charge < -0.3 is 0 Å². The van der Waals surface area contributed by atoms with Gasteiger partial charge in [-0.1, -0.05) is 411 Å². The number of rotatable bonds is 64. The second-order valence-corrected chi connectivity index (χ2v) is 23.0. The molecule has 0 bridgehead atoms. The zero-order valence-electron chi connectivity index (χ0n) is 47.5. The summed E-state index contributed by atoms with van der Waals surface area (Å²) >= 11 is 0. The predicted molar refractivity (Wildman–Crippen MR) is 311 cm³/mol. The van der Waals surface area contributed by atoms with Gasteiger partial charge in [0.25, 0.3) is 0 Å². The van der Waals surface area contributed by atoms with Crippen LogP contribution in [0.15, 0.2) is 12.7 Å². The Balaban J connectivity index is 3.07. The molecule has 0 nitrogen and oxygen atoms in total. The summed E-state index contributed by atoms with van der Waals surface area (Å²) in [5.74, 6) is 0. The topological polar surface area (TPSA) is 0 Å². The van der Waals surface area contributed by atoms with E-state index in [0.29, 0.717) is 0 Å². The van der Waals surface area contributed by atoms with E-state index in [2.05, 4.69) is 19.6 Å². The number of allylic oxidation sites excluding steroid dienone is 1. The van der Waals surface area contributed by atoms with E-state index in [1.165, 1.54) is 411 Å². The van der Waals surface area contributed by atoms with E-state index in [9.17, 15) is 0 Å². The third kappa shape index (κ3) is 65.7. The molecular weight excluding hydrogens is 805 g/mol. The molecule has 402 valence electrons. The zero-order chi connectivity index (χ0) is 48.0. The van der Waals surface area contributed by atoms with Gasteiger partial charge in [-0.15, -0.1) is 6.58 Å². The van der Waals surface area contributed by atoms with Crippen molar-refractivity contribution < 1.29 is 0 Å². The van der Waals surface area contributed by atoms with Crippen LogP contribution in [0.3, 0.4) is 0 Å². The summed E-state index contributed by atoms with van der Waals surface area (Å²) in [6.07, 6.45) is 96.9. The maximum Gasteiger partial charge on any atom is -0.0353 e. The zero-order valence-corrected chi connectivity index (χ0v) is 47.5. The molecule has 0 heteroatoms. The van der Waals surface area contributed by atoms with Crippen LogP contribution in [0.25, 0.3) is 0 Å². The molecule has 0 aromatic heterocycles. The molecule has 0 aliphatic carbocycles. The number of hydrogen-bond donors (Lipinski definition) is 0. The highest BCUT2D eigenvalue weighted by Gasteiger charge is 2.00. The lowest BCUT2D eigenvalue weighted by atomic mass is 10.0. The fourth-order valence-corrected chi connectivity index (χ4v) is 11.1. The molecule has 0 aromatic carbocycles. The van der Waals surface area contributed by atoms with Crippen molar-refractivity contribution in [2.75, 3.05) is 0 Å². The van der Waals surface area contributed by atoms with Crippen LogP contribution in [0, 0.1) is 0 Å². The van der Waals surface area contributed by atoms with Gasteiger partial charge in [-0.05, 0) is 12.8 Å². The van der Waals surface area contributed by atoms with Gasteiger partial charge in [0, 0.05) is 0 Å². The fourth-order valence-electron chi connectivity index (χ4n) is 11.1. The first kappa shape index (κ1) is 66.7. The second-order valence-electron chi connectivity index (χ2n) is 23.0. The molecule has 0 amide bonds. The molecule has 0 radical (unpaired) electrons. The summed E-state index contributed by atoms with van der Waals surface area (Å²) in [5.41, 5.74) is 0. The Labute approximate surface area is 428 Å². The maximum absolute atomic E-state index is 3.82. The van der Waals surface area contributed by atoms with Crippen LogP contribution in [0.2, 0.25) is 0 Å². The van der Waals surface area contributed by atoms with E-state index in [4.69, 9.17) is 0 Å². The van der Waals surface area contributed by atoms with Crippen molar-refractivity contribution in [3.8, 4) is 0 Å². The third-order valence-electron chi connectivity index (χ3n) is 16.0. The average Bonchev–Trinajstić information content (AvgIpc) is 3.34. The molecule has 0 heterocycles. The van der Waals surface area contributed by atoms with Crippen LogP contribution in [-0.4, -0.2) is 0 Å². The lowest BCUT2D eigenvalue weighted by Crippen LogP contribution is -1.85. The summed E-state index contributed by atoms with van der Waals surface area (Å²) in [6, 6.07) is 0. The van der Waals surface area contributed by atoms with Gasteiger partial charge in [-0.25, -0.2) is 0 Å². The normalized spacial score (nSPS) is 11.7. The maximum atomic E-state index is 3.82. The van der Waals surface area contributed by atoms with Gasteiger partial charge in [-0.2, -0.15) is 0 Å². The van der Waals surface area contributed by atoms with Crippen molar-refractivity contribution in [1.82, 2.24) is 0 Å². The summed E-state index contributed by atoms with van der Waals surface area (Å²) in [5, 5.41) is 0. The molecule has 67 heavy (non-hydrogen) atoms. The van der Waals surface area contributed by atoms with Gasteiger partial charge >= 0.3 is 0 Å². The van der Waals surface area contributed by atoms with Crippen molar-refractivity contribution in [3.63, 3.8) is 0 Å². The Bertz CT molecular complexity index is 811. The van der Waals surface area contributed by atoms with Crippen molar-refractivity contribution in [2.45, 2.75) is 418 Å². The minimum absolute atomic E-state index is 1.21. The fraction of sp³-hybridized carbons (Fsp3) is 0.970. The highest BCUT2D eigenvalue weighted by atomic mass is 14.1. The van der Waals surface area contributed by atoms with Gasteiger partial charge in [0.05, 0.1) is 0 Å². The Morgan fingerprint density at radius 3 is 0.328 bits per heavy atom. The van der Waals surface area contributed by atoms with E-state index in [-0.39, 0.29) is 0 Å². The van der Waals surface area contributed by atoms with E-state index < -0.39 is 0 Å². The monoisotopic (exact) mass is 939 g/mol. The van der Waals surface area contributed by atoms with Crippen LogP contribution in [-0.2, 0) is 0 Å². The largest absolute Gasteiger partial charge is 0.103 e. The van der Waals surface area contributed by atoms with Crippen LogP contribution in [0.5, 0.6) is 0 Å². The lowest BCUT2D eigenvalue weighted by molar-refractivity contribution is 0.506. The molecule has 0 spiro atoms. The number of hydrogen-bond acceptors (Lipinski definition) is 0. The van der Waals surface area contributed by atoms with E-state index in [0.717, 1.165) is 0 Å². The van der Waals surface area contributed by atoms with Gasteiger partial charge in [0.2, 0.25) is 0 Å². The van der Waals surface area contributed by atoms with Crippen LogP contribution < -0.4 is 0 Å². The molecule has 0 atom stereocenters. The van der Waals surface area contributed by atoms with Crippen LogP contribution in [0.1, 0.15) is 418 Å². The first-order valence-corrected chi connectivity index (χ1v) is 33.0. The SMILES string of the molecule is C=CCCCCCCCCCCCCCCCCCCCCCCCCCCCCCCCCCCCCCCCCCCCCCCCCCCCCCCCCCCCCCCCCC. The Kier molecular flexibility index (Phi) is 65.5. The van der Waals surface area contributed by atoms with Gasteiger partial charge in [0.15, 0.2) is 0 Å². The standard InChI is InChI=1S/C67H134/c1-3-5-7-9-11-13-15-17-19-21-23-25-27-29-31-33-35-37-39-41-43-45-47-49-51-53-55-57-59-61-63-65-67-66-64-62-60-58-56-54-52-50-48-46-44-42-40-38-36-34-32-30-28-26-24-22-20-18-16-14-12-10-8-6-4-2/h3H,1,4-67H2,2H3. The minimum Gasteiger partial charge on any atom is -0.103 e. The lowest BCUT2D eigenvalue weighted by Gasteiger charge is -2.05. The van der Waals surface area contributed by atoms with Gasteiger partial charge in [-0.3, -0.25) is 0 Å². The van der Waals surface area contributed by atoms with E-state index >= 15 is 0 Å². The first-order valence-electron chi connectivity index (χ1n) is 33.0. The highest BCUT2D eigenvalue weighted by molar-refractivity contribution is 4.65. The molecule has 0 unspecified atom stereocenters. The second kappa shape index (κ2) is 65.7. The first-order chi connectivity index (χ1) is 33.4. The molecule has 0 aliphatic rings. The van der Waals surface area contributed by atoms with Crippen molar-refractivity contribution in [3.05, 3.63) is 12.7 Å². The third-order valence-corrected chi connectivity index (χ3v) is 16.0.